The van der Waals surface area contributed by atoms with Gasteiger partial charge in [-0.15, -0.1) is 0 Å². The maximum atomic E-state index is 13.2. The van der Waals surface area contributed by atoms with Crippen LogP contribution in [0.5, 0.6) is 0 Å². The summed E-state index contributed by atoms with van der Waals surface area (Å²) in [4.78, 5) is 33.2. The summed E-state index contributed by atoms with van der Waals surface area (Å²) in [6.07, 6.45) is 1.86. The van der Waals surface area contributed by atoms with E-state index in [0.29, 0.717) is 24.5 Å². The second kappa shape index (κ2) is 6.59. The van der Waals surface area contributed by atoms with Crippen LogP contribution in [-0.4, -0.2) is 34.9 Å². The van der Waals surface area contributed by atoms with Crippen LogP contribution in [0.15, 0.2) is 42.6 Å². The van der Waals surface area contributed by atoms with E-state index >= 15 is 0 Å². The number of H-pyrrole nitrogens is 1. The summed E-state index contributed by atoms with van der Waals surface area (Å²) in [5.41, 5.74) is 2.09. The van der Waals surface area contributed by atoms with Gasteiger partial charge in [-0.25, -0.2) is 9.37 Å². The van der Waals surface area contributed by atoms with Crippen molar-refractivity contribution in [3.63, 3.8) is 0 Å². The molecule has 0 unspecified atom stereocenters. The average Bonchev–Trinajstić information content (AvgIpc) is 3.25. The fraction of sp³-hybridized carbons (Fsp3) is 0.211. The third-order valence-corrected chi connectivity index (χ3v) is 4.47. The monoisotopic (exact) mass is 352 g/mol. The molecule has 0 radical (unpaired) electrons. The third kappa shape index (κ3) is 3.03. The molecule has 1 aliphatic heterocycles. The van der Waals surface area contributed by atoms with Gasteiger partial charge in [-0.05, 0) is 30.2 Å². The third-order valence-electron chi connectivity index (χ3n) is 4.47. The summed E-state index contributed by atoms with van der Waals surface area (Å²) >= 11 is 0. The molecule has 0 saturated heterocycles. The van der Waals surface area contributed by atoms with Crippen molar-refractivity contribution in [2.45, 2.75) is 12.8 Å². The molecule has 0 atom stereocenters. The SMILES string of the molecule is O=C(NCCC(=O)N1CCc2cc(F)cnc21)c1cc2ccccc2[nH]1. The van der Waals surface area contributed by atoms with Crippen LogP contribution in [0, 0.1) is 5.82 Å². The lowest BCUT2D eigenvalue weighted by Crippen LogP contribution is -2.34. The van der Waals surface area contributed by atoms with E-state index < -0.39 is 5.82 Å². The van der Waals surface area contributed by atoms with Crippen molar-refractivity contribution in [1.82, 2.24) is 15.3 Å². The normalized spacial score (nSPS) is 13.0. The van der Waals surface area contributed by atoms with E-state index in [2.05, 4.69) is 15.3 Å². The number of rotatable bonds is 4. The van der Waals surface area contributed by atoms with Crippen molar-refractivity contribution in [3.8, 4) is 0 Å². The Kier molecular flexibility index (Phi) is 4.12. The van der Waals surface area contributed by atoms with Gasteiger partial charge in [0.2, 0.25) is 5.91 Å². The van der Waals surface area contributed by atoms with Crippen molar-refractivity contribution in [2.24, 2.45) is 0 Å². The molecule has 132 valence electrons. The minimum Gasteiger partial charge on any atom is -0.351 e. The molecule has 1 aromatic carbocycles. The average molecular weight is 352 g/mol. The van der Waals surface area contributed by atoms with Gasteiger partial charge in [0.15, 0.2) is 0 Å². The van der Waals surface area contributed by atoms with Crippen molar-refractivity contribution in [1.29, 1.82) is 0 Å². The minimum absolute atomic E-state index is 0.139. The van der Waals surface area contributed by atoms with Crippen LogP contribution in [0.4, 0.5) is 10.2 Å². The van der Waals surface area contributed by atoms with Gasteiger partial charge < -0.3 is 10.3 Å². The van der Waals surface area contributed by atoms with E-state index in [1.54, 1.807) is 11.0 Å². The van der Waals surface area contributed by atoms with Crippen LogP contribution >= 0.6 is 0 Å². The Morgan fingerprint density at radius 3 is 2.96 bits per heavy atom. The van der Waals surface area contributed by atoms with Crippen LogP contribution in [0.3, 0.4) is 0 Å². The van der Waals surface area contributed by atoms with Crippen molar-refractivity contribution in [2.75, 3.05) is 18.0 Å². The van der Waals surface area contributed by atoms with Gasteiger partial charge in [0.05, 0.1) is 6.20 Å². The van der Waals surface area contributed by atoms with Gasteiger partial charge in [0.25, 0.3) is 5.91 Å². The Hall–Kier alpha value is -3.22. The molecule has 4 rings (SSSR count). The van der Waals surface area contributed by atoms with E-state index in [1.807, 2.05) is 24.3 Å². The highest BCUT2D eigenvalue weighted by Crippen LogP contribution is 2.26. The number of carbonyl (C=O) groups excluding carboxylic acids is 2. The second-order valence-electron chi connectivity index (χ2n) is 6.21. The van der Waals surface area contributed by atoms with Crippen molar-refractivity contribution < 1.29 is 14.0 Å². The highest BCUT2D eigenvalue weighted by Gasteiger charge is 2.26. The predicted octanol–water partition coefficient (Wildman–Crippen LogP) is 2.41. The lowest BCUT2D eigenvalue weighted by atomic mass is 10.2. The molecular weight excluding hydrogens is 335 g/mol. The number of hydrogen-bond donors (Lipinski definition) is 2. The molecule has 0 saturated carbocycles. The molecule has 3 aromatic rings. The molecule has 26 heavy (non-hydrogen) atoms. The number of para-hydroxylation sites is 1. The summed E-state index contributed by atoms with van der Waals surface area (Å²) < 4.78 is 13.2. The number of benzene rings is 1. The molecule has 2 aromatic heterocycles. The number of pyridine rings is 1. The first-order valence-corrected chi connectivity index (χ1v) is 8.42. The zero-order valence-electron chi connectivity index (χ0n) is 14.0. The molecule has 2 N–H and O–H groups in total. The quantitative estimate of drug-likeness (QED) is 0.757. The second-order valence-corrected chi connectivity index (χ2v) is 6.21. The van der Waals surface area contributed by atoms with Crippen LogP contribution in [0.2, 0.25) is 0 Å². The first kappa shape index (κ1) is 16.3. The number of hydrogen-bond acceptors (Lipinski definition) is 3. The van der Waals surface area contributed by atoms with E-state index in [9.17, 15) is 14.0 Å². The fourth-order valence-electron chi connectivity index (χ4n) is 3.19. The van der Waals surface area contributed by atoms with E-state index in [-0.39, 0.29) is 24.8 Å². The summed E-state index contributed by atoms with van der Waals surface area (Å²) in [5.74, 6) is -0.280. The summed E-state index contributed by atoms with van der Waals surface area (Å²) in [5, 5.41) is 3.71. The Morgan fingerprint density at radius 2 is 2.12 bits per heavy atom. The molecule has 2 amide bonds. The maximum Gasteiger partial charge on any atom is 0.267 e. The molecule has 7 heteroatoms. The number of carbonyl (C=O) groups is 2. The lowest BCUT2D eigenvalue weighted by molar-refractivity contribution is -0.118. The van der Waals surface area contributed by atoms with Gasteiger partial charge in [-0.1, -0.05) is 18.2 Å². The van der Waals surface area contributed by atoms with Crippen molar-refractivity contribution in [3.05, 3.63) is 59.7 Å². The fourth-order valence-corrected chi connectivity index (χ4v) is 3.19. The molecule has 0 fully saturated rings. The maximum absolute atomic E-state index is 13.2. The smallest absolute Gasteiger partial charge is 0.267 e. The first-order valence-electron chi connectivity index (χ1n) is 8.42. The number of aromatic nitrogens is 2. The zero-order chi connectivity index (χ0) is 18.1. The summed E-state index contributed by atoms with van der Waals surface area (Å²) in [6.45, 7) is 0.709. The zero-order valence-corrected chi connectivity index (χ0v) is 14.0. The number of nitrogens with one attached hydrogen (secondary N) is 2. The number of amides is 2. The van der Waals surface area contributed by atoms with Crippen LogP contribution in [0.1, 0.15) is 22.5 Å². The predicted molar refractivity (Wildman–Crippen MR) is 95.5 cm³/mol. The number of fused-ring (bicyclic) bond motifs is 2. The van der Waals surface area contributed by atoms with Gasteiger partial charge in [0, 0.05) is 30.4 Å². The van der Waals surface area contributed by atoms with Gasteiger partial charge >= 0.3 is 0 Å². The highest BCUT2D eigenvalue weighted by atomic mass is 19.1. The van der Waals surface area contributed by atoms with E-state index in [1.165, 1.54) is 6.07 Å². The molecule has 0 bridgehead atoms. The summed E-state index contributed by atoms with van der Waals surface area (Å²) in [6, 6.07) is 10.8. The topological polar surface area (TPSA) is 78.1 Å². The Labute approximate surface area is 149 Å². The number of nitrogens with zero attached hydrogens (tertiary/aromatic N) is 2. The number of anilines is 1. The van der Waals surface area contributed by atoms with Gasteiger partial charge in [-0.3, -0.25) is 14.5 Å². The molecule has 3 heterocycles. The van der Waals surface area contributed by atoms with Gasteiger partial charge in [-0.2, -0.15) is 0 Å². The lowest BCUT2D eigenvalue weighted by Gasteiger charge is -2.16. The molecular formula is C19H17FN4O2. The van der Waals surface area contributed by atoms with Gasteiger partial charge in [0.1, 0.15) is 17.3 Å². The van der Waals surface area contributed by atoms with Crippen LogP contribution < -0.4 is 10.2 Å². The Bertz CT molecular complexity index is 965. The number of halogens is 1. The molecule has 6 nitrogen and oxygen atoms in total. The minimum atomic E-state index is -0.399. The van der Waals surface area contributed by atoms with Crippen LogP contribution in [-0.2, 0) is 11.2 Å². The largest absolute Gasteiger partial charge is 0.351 e. The van der Waals surface area contributed by atoms with E-state index in [4.69, 9.17) is 0 Å². The molecule has 0 aliphatic carbocycles. The molecule has 1 aliphatic rings. The van der Waals surface area contributed by atoms with Crippen LogP contribution in [0.25, 0.3) is 10.9 Å². The first-order chi connectivity index (χ1) is 12.6. The number of aromatic amines is 1. The Morgan fingerprint density at radius 1 is 1.27 bits per heavy atom. The van der Waals surface area contributed by atoms with Crippen molar-refractivity contribution >= 4 is 28.5 Å². The summed E-state index contributed by atoms with van der Waals surface area (Å²) in [7, 11) is 0. The molecule has 0 spiro atoms. The van der Waals surface area contributed by atoms with E-state index in [0.717, 1.165) is 22.7 Å². The standard InChI is InChI=1S/C19H17FN4O2/c20-14-9-13-6-8-24(18(13)22-11-14)17(25)5-7-21-19(26)16-10-12-3-1-2-4-15(12)23-16/h1-4,9-11,23H,5-8H2,(H,21,26). The Balaban J connectivity index is 1.35. The highest BCUT2D eigenvalue weighted by molar-refractivity contribution is 5.98.